The number of nitrogens with zero attached hydrogens (tertiary/aromatic N) is 2. The molecule has 1 fully saturated rings. The number of alkyl halides is 3. The van der Waals surface area contributed by atoms with Gasteiger partial charge in [0.15, 0.2) is 0 Å². The third-order valence-electron chi connectivity index (χ3n) is 5.72. The van der Waals surface area contributed by atoms with E-state index >= 15 is 0 Å². The second kappa shape index (κ2) is 8.79. The highest BCUT2D eigenvalue weighted by molar-refractivity contribution is 7.89. The summed E-state index contributed by atoms with van der Waals surface area (Å²) in [6.07, 6.45) is -4.72. The molecule has 4 rings (SSSR count). The quantitative estimate of drug-likeness (QED) is 0.471. The van der Waals surface area contributed by atoms with E-state index in [1.165, 1.54) is 15.3 Å². The first kappa shape index (κ1) is 23.3. The minimum absolute atomic E-state index is 0.00768. The fourth-order valence-corrected chi connectivity index (χ4v) is 5.79. The summed E-state index contributed by atoms with van der Waals surface area (Å²) in [5, 5.41) is 0. The number of sulfonamides is 1. The van der Waals surface area contributed by atoms with Crippen molar-refractivity contribution >= 4 is 15.7 Å². The second-order valence-corrected chi connectivity index (χ2v) is 9.85. The Morgan fingerprint density at radius 1 is 0.879 bits per heavy atom. The monoisotopic (exact) mass is 478 g/mol. The SMILES string of the molecule is C[C@@H]1CN(c2ccc(F)cc2C(F)(F)F)CCN1S(=O)(=O)c1cccc(-c2ccccc2)c1. The Hall–Kier alpha value is -2.91. The van der Waals surface area contributed by atoms with E-state index < -0.39 is 33.6 Å². The van der Waals surface area contributed by atoms with Gasteiger partial charge in [-0.05, 0) is 48.4 Å². The van der Waals surface area contributed by atoms with Crippen molar-refractivity contribution in [2.45, 2.75) is 24.0 Å². The second-order valence-electron chi connectivity index (χ2n) is 7.96. The molecule has 0 bridgehead atoms. The molecular formula is C24H22F4N2O2S. The minimum atomic E-state index is -4.72. The number of benzene rings is 3. The highest BCUT2D eigenvalue weighted by Crippen LogP contribution is 2.38. The number of piperazine rings is 1. The molecule has 0 aromatic heterocycles. The Morgan fingerprint density at radius 2 is 1.58 bits per heavy atom. The molecular weight excluding hydrogens is 456 g/mol. The van der Waals surface area contributed by atoms with Gasteiger partial charge in [-0.3, -0.25) is 0 Å². The van der Waals surface area contributed by atoms with Gasteiger partial charge in [0.05, 0.1) is 10.5 Å². The molecule has 3 aromatic carbocycles. The molecule has 0 amide bonds. The summed E-state index contributed by atoms with van der Waals surface area (Å²) in [5.41, 5.74) is 0.410. The molecule has 0 unspecified atom stereocenters. The summed E-state index contributed by atoms with van der Waals surface area (Å²) < 4.78 is 81.9. The summed E-state index contributed by atoms with van der Waals surface area (Å²) >= 11 is 0. The van der Waals surface area contributed by atoms with Crippen molar-refractivity contribution in [2.24, 2.45) is 0 Å². The van der Waals surface area contributed by atoms with Crippen molar-refractivity contribution in [3.05, 3.63) is 84.2 Å². The Kier molecular flexibility index (Phi) is 6.20. The van der Waals surface area contributed by atoms with Crippen molar-refractivity contribution < 1.29 is 26.0 Å². The Bertz CT molecular complexity index is 1250. The molecule has 3 aromatic rings. The van der Waals surface area contributed by atoms with Crippen LogP contribution in [0.1, 0.15) is 12.5 Å². The van der Waals surface area contributed by atoms with Gasteiger partial charge >= 0.3 is 6.18 Å². The average molecular weight is 479 g/mol. The maximum atomic E-state index is 13.5. The van der Waals surface area contributed by atoms with Gasteiger partial charge < -0.3 is 4.90 Å². The number of rotatable bonds is 4. The summed E-state index contributed by atoms with van der Waals surface area (Å²) in [7, 11) is -3.87. The van der Waals surface area contributed by atoms with E-state index in [9.17, 15) is 26.0 Å². The molecule has 0 spiro atoms. The molecule has 0 radical (unpaired) electrons. The lowest BCUT2D eigenvalue weighted by Gasteiger charge is -2.40. The van der Waals surface area contributed by atoms with Gasteiger partial charge in [0.25, 0.3) is 0 Å². The number of halogens is 4. The average Bonchev–Trinajstić information content (AvgIpc) is 2.79. The maximum absolute atomic E-state index is 13.5. The Labute approximate surface area is 190 Å². The van der Waals surface area contributed by atoms with Crippen LogP contribution in [-0.4, -0.2) is 38.4 Å². The van der Waals surface area contributed by atoms with E-state index in [4.69, 9.17) is 0 Å². The van der Waals surface area contributed by atoms with Crippen molar-refractivity contribution in [3.63, 3.8) is 0 Å². The van der Waals surface area contributed by atoms with Crippen molar-refractivity contribution in [1.82, 2.24) is 4.31 Å². The lowest BCUT2D eigenvalue weighted by atomic mass is 10.1. The molecule has 0 N–H and O–H groups in total. The van der Waals surface area contributed by atoms with E-state index in [0.717, 1.165) is 23.3 Å². The van der Waals surface area contributed by atoms with Crippen molar-refractivity contribution in [2.75, 3.05) is 24.5 Å². The van der Waals surface area contributed by atoms with Crippen LogP contribution in [0.15, 0.2) is 77.7 Å². The van der Waals surface area contributed by atoms with E-state index in [1.54, 1.807) is 19.1 Å². The van der Waals surface area contributed by atoms with Gasteiger partial charge in [0.1, 0.15) is 5.82 Å². The largest absolute Gasteiger partial charge is 0.418 e. The molecule has 1 aliphatic heterocycles. The zero-order valence-electron chi connectivity index (χ0n) is 17.8. The fourth-order valence-electron chi connectivity index (χ4n) is 4.13. The van der Waals surface area contributed by atoms with Gasteiger partial charge in [-0.15, -0.1) is 0 Å². The van der Waals surface area contributed by atoms with Gasteiger partial charge in [-0.25, -0.2) is 12.8 Å². The zero-order chi connectivity index (χ0) is 23.8. The van der Waals surface area contributed by atoms with E-state index in [1.807, 2.05) is 36.4 Å². The Morgan fingerprint density at radius 3 is 2.24 bits per heavy atom. The maximum Gasteiger partial charge on any atom is 0.418 e. The van der Waals surface area contributed by atoms with Gasteiger partial charge in [-0.1, -0.05) is 42.5 Å². The fraction of sp³-hybridized carbons (Fsp3) is 0.250. The minimum Gasteiger partial charge on any atom is -0.368 e. The molecule has 33 heavy (non-hydrogen) atoms. The van der Waals surface area contributed by atoms with E-state index in [-0.39, 0.29) is 30.2 Å². The predicted molar refractivity (Wildman–Crippen MR) is 119 cm³/mol. The topological polar surface area (TPSA) is 40.6 Å². The Balaban J connectivity index is 1.59. The first-order chi connectivity index (χ1) is 15.6. The number of hydrogen-bond donors (Lipinski definition) is 0. The molecule has 0 aliphatic carbocycles. The first-order valence-electron chi connectivity index (χ1n) is 10.4. The smallest absolute Gasteiger partial charge is 0.368 e. The number of hydrogen-bond acceptors (Lipinski definition) is 3. The van der Waals surface area contributed by atoms with Crippen LogP contribution in [0.4, 0.5) is 23.2 Å². The molecule has 1 heterocycles. The van der Waals surface area contributed by atoms with Gasteiger partial charge in [-0.2, -0.15) is 17.5 Å². The molecule has 9 heteroatoms. The summed E-state index contributed by atoms with van der Waals surface area (Å²) in [6, 6.07) is 17.9. The van der Waals surface area contributed by atoms with Crippen LogP contribution in [0.3, 0.4) is 0 Å². The normalized spacial score (nSPS) is 17.8. The number of anilines is 1. The lowest BCUT2D eigenvalue weighted by molar-refractivity contribution is -0.137. The van der Waals surface area contributed by atoms with Gasteiger partial charge in [0, 0.05) is 31.4 Å². The van der Waals surface area contributed by atoms with Crippen LogP contribution >= 0.6 is 0 Å². The van der Waals surface area contributed by atoms with Gasteiger partial charge in [0.2, 0.25) is 10.0 Å². The molecule has 0 saturated carbocycles. The predicted octanol–water partition coefficient (Wildman–Crippen LogP) is 5.41. The third-order valence-corrected chi connectivity index (χ3v) is 7.73. The molecule has 1 aliphatic rings. The van der Waals surface area contributed by atoms with Crippen LogP contribution in [0.5, 0.6) is 0 Å². The summed E-state index contributed by atoms with van der Waals surface area (Å²) in [6.45, 7) is 1.76. The van der Waals surface area contributed by atoms with Crippen LogP contribution in [0.2, 0.25) is 0 Å². The molecule has 4 nitrogen and oxygen atoms in total. The highest BCUT2D eigenvalue weighted by Gasteiger charge is 2.39. The zero-order valence-corrected chi connectivity index (χ0v) is 18.6. The van der Waals surface area contributed by atoms with E-state index in [2.05, 4.69) is 0 Å². The molecule has 1 saturated heterocycles. The third kappa shape index (κ3) is 4.74. The van der Waals surface area contributed by atoms with Crippen LogP contribution in [-0.2, 0) is 16.2 Å². The van der Waals surface area contributed by atoms with Crippen LogP contribution < -0.4 is 4.90 Å². The molecule has 1 atom stereocenters. The van der Waals surface area contributed by atoms with Crippen molar-refractivity contribution in [3.8, 4) is 11.1 Å². The summed E-state index contributed by atoms with van der Waals surface area (Å²) in [5.74, 6) is -0.973. The highest BCUT2D eigenvalue weighted by atomic mass is 32.2. The molecule has 174 valence electrons. The lowest BCUT2D eigenvalue weighted by Crippen LogP contribution is -2.54. The van der Waals surface area contributed by atoms with Crippen molar-refractivity contribution in [1.29, 1.82) is 0 Å². The summed E-state index contributed by atoms with van der Waals surface area (Å²) in [4.78, 5) is 1.58. The van der Waals surface area contributed by atoms with Crippen LogP contribution in [0.25, 0.3) is 11.1 Å². The van der Waals surface area contributed by atoms with Crippen LogP contribution in [0, 0.1) is 5.82 Å². The standard InChI is InChI=1S/C24H22F4N2O2S/c1-17-16-29(23-11-10-20(25)15-22(23)24(26,27)28)12-13-30(17)33(31,32)21-9-5-8-19(14-21)18-6-3-2-4-7-18/h2-11,14-15,17H,12-13,16H2,1H3/t17-/m1/s1. The first-order valence-corrected chi connectivity index (χ1v) is 11.8. The van der Waals surface area contributed by atoms with E-state index in [0.29, 0.717) is 6.07 Å².